The Hall–Kier alpha value is -2.41. The lowest BCUT2D eigenvalue weighted by molar-refractivity contribution is -0.136. The van der Waals surface area contributed by atoms with Crippen LogP contribution in [-0.4, -0.2) is 42.0 Å². The molecular weight excluding hydrogens is 395 g/mol. The van der Waals surface area contributed by atoms with Gasteiger partial charge >= 0.3 is 12.3 Å². The first kappa shape index (κ1) is 21.9. The van der Waals surface area contributed by atoms with Gasteiger partial charge in [-0.3, -0.25) is 0 Å². The molecule has 2 aromatic carbocycles. The highest BCUT2D eigenvalue weighted by Crippen LogP contribution is 2.26. The van der Waals surface area contributed by atoms with Crippen molar-refractivity contribution < 1.29 is 27.8 Å². The van der Waals surface area contributed by atoms with Crippen molar-refractivity contribution in [1.82, 2.24) is 4.90 Å². The molecule has 0 aliphatic carbocycles. The fraction of sp³-hybridized carbons (Fsp3) is 0.350. The Bertz CT molecular complexity index is 769. The molecule has 0 unspecified atom stereocenters. The number of carbonyl (C=O) groups is 1. The second-order valence-corrected chi connectivity index (χ2v) is 6.67. The summed E-state index contributed by atoms with van der Waals surface area (Å²) < 4.78 is 42.1. The van der Waals surface area contributed by atoms with Crippen molar-refractivity contribution >= 4 is 17.7 Å². The van der Waals surface area contributed by atoms with Crippen molar-refractivity contribution in [1.29, 1.82) is 0 Å². The normalized spacial score (nSPS) is 11.3. The smallest absolute Gasteiger partial charge is 0.407 e. The third-order valence-electron chi connectivity index (χ3n) is 4.02. The second-order valence-electron chi connectivity index (χ2n) is 6.26. The molecule has 0 fully saturated rings. The van der Waals surface area contributed by atoms with Crippen LogP contribution in [0.5, 0.6) is 5.75 Å². The fourth-order valence-electron chi connectivity index (χ4n) is 2.64. The van der Waals surface area contributed by atoms with Crippen LogP contribution >= 0.6 is 11.6 Å². The first-order valence-corrected chi connectivity index (χ1v) is 9.12. The molecule has 0 saturated carbocycles. The van der Waals surface area contributed by atoms with E-state index >= 15 is 0 Å². The highest BCUT2D eigenvalue weighted by molar-refractivity contribution is 6.32. The van der Waals surface area contributed by atoms with E-state index in [1.54, 1.807) is 12.1 Å². The van der Waals surface area contributed by atoms with Gasteiger partial charge in [-0.1, -0.05) is 48.0 Å². The van der Waals surface area contributed by atoms with E-state index in [1.807, 2.05) is 36.4 Å². The largest absolute Gasteiger partial charge is 0.490 e. The molecule has 0 spiro atoms. The quantitative estimate of drug-likeness (QED) is 0.577. The van der Waals surface area contributed by atoms with Crippen LogP contribution in [0.4, 0.5) is 18.0 Å². The Morgan fingerprint density at radius 3 is 2.39 bits per heavy atom. The number of ether oxygens (including phenoxy) is 1. The summed E-state index contributed by atoms with van der Waals surface area (Å²) in [4.78, 5) is 12.1. The highest BCUT2D eigenvalue weighted by Gasteiger charge is 2.27. The number of amides is 1. The first-order chi connectivity index (χ1) is 13.2. The topological polar surface area (TPSA) is 49.8 Å². The van der Waals surface area contributed by atoms with E-state index in [4.69, 9.17) is 21.4 Å². The van der Waals surface area contributed by atoms with Gasteiger partial charge in [0.05, 0.1) is 11.6 Å². The maximum absolute atomic E-state index is 12.2. The number of benzene rings is 2. The van der Waals surface area contributed by atoms with Crippen molar-refractivity contribution in [2.75, 3.05) is 19.7 Å². The third kappa shape index (κ3) is 7.68. The van der Waals surface area contributed by atoms with Gasteiger partial charge in [0.25, 0.3) is 0 Å². The number of carboxylic acid groups (broad SMARTS) is 1. The van der Waals surface area contributed by atoms with Crippen molar-refractivity contribution in [2.24, 2.45) is 0 Å². The van der Waals surface area contributed by atoms with Gasteiger partial charge < -0.3 is 14.7 Å². The SMILES string of the molecule is O=C(O)N(CCCC(F)(F)F)CCOc1ccc(Cc2ccccc2)cc1Cl. The molecule has 0 heterocycles. The van der Waals surface area contributed by atoms with Crippen LogP contribution in [0.15, 0.2) is 48.5 Å². The van der Waals surface area contributed by atoms with Gasteiger partial charge in [-0.2, -0.15) is 13.2 Å². The standard InChI is InChI=1S/C20H21ClF3NO3/c21-17-14-16(13-15-5-2-1-3-6-15)7-8-18(17)28-12-11-25(19(26)27)10-4-9-20(22,23)24/h1-3,5-8,14H,4,9-13H2,(H,26,27). The van der Waals surface area contributed by atoms with E-state index in [2.05, 4.69) is 0 Å². The van der Waals surface area contributed by atoms with Gasteiger partial charge in [0.1, 0.15) is 12.4 Å². The number of halogens is 4. The van der Waals surface area contributed by atoms with Gasteiger partial charge in [0, 0.05) is 13.0 Å². The number of hydrogen-bond acceptors (Lipinski definition) is 2. The number of hydrogen-bond donors (Lipinski definition) is 1. The van der Waals surface area contributed by atoms with Crippen LogP contribution in [-0.2, 0) is 6.42 Å². The predicted octanol–water partition coefficient (Wildman–Crippen LogP) is 5.63. The lowest BCUT2D eigenvalue weighted by Crippen LogP contribution is -2.34. The zero-order chi connectivity index (χ0) is 20.6. The van der Waals surface area contributed by atoms with E-state index in [-0.39, 0.29) is 26.1 Å². The number of nitrogens with zero attached hydrogens (tertiary/aromatic N) is 1. The van der Waals surface area contributed by atoms with Crippen LogP contribution in [0.1, 0.15) is 24.0 Å². The molecule has 0 aliphatic heterocycles. The predicted molar refractivity (Wildman–Crippen MR) is 101 cm³/mol. The van der Waals surface area contributed by atoms with Gasteiger partial charge in [-0.25, -0.2) is 4.79 Å². The molecule has 152 valence electrons. The van der Waals surface area contributed by atoms with Crippen molar-refractivity contribution in [3.63, 3.8) is 0 Å². The molecule has 0 bridgehead atoms. The molecule has 1 N–H and O–H groups in total. The van der Waals surface area contributed by atoms with E-state index in [0.29, 0.717) is 17.2 Å². The van der Waals surface area contributed by atoms with Gasteiger partial charge in [-0.15, -0.1) is 0 Å². The molecule has 2 aromatic rings. The Morgan fingerprint density at radius 2 is 1.79 bits per heavy atom. The Labute approximate surface area is 166 Å². The van der Waals surface area contributed by atoms with E-state index < -0.39 is 18.7 Å². The molecule has 0 aliphatic rings. The van der Waals surface area contributed by atoms with Crippen LogP contribution in [0.2, 0.25) is 5.02 Å². The lowest BCUT2D eigenvalue weighted by Gasteiger charge is -2.20. The summed E-state index contributed by atoms with van der Waals surface area (Å²) in [7, 11) is 0. The fourth-order valence-corrected chi connectivity index (χ4v) is 2.90. The van der Waals surface area contributed by atoms with Crippen LogP contribution in [0.25, 0.3) is 0 Å². The van der Waals surface area contributed by atoms with Crippen molar-refractivity contribution in [3.8, 4) is 5.75 Å². The average Bonchev–Trinajstić information content (AvgIpc) is 2.62. The van der Waals surface area contributed by atoms with Crippen LogP contribution < -0.4 is 4.74 Å². The molecular formula is C20H21ClF3NO3. The summed E-state index contributed by atoms with van der Waals surface area (Å²) in [6, 6.07) is 15.2. The molecule has 8 heteroatoms. The monoisotopic (exact) mass is 415 g/mol. The molecule has 28 heavy (non-hydrogen) atoms. The number of rotatable bonds is 9. The molecule has 0 atom stereocenters. The lowest BCUT2D eigenvalue weighted by atomic mass is 10.1. The number of alkyl halides is 3. The molecule has 2 rings (SSSR count). The summed E-state index contributed by atoms with van der Waals surface area (Å²) in [5.41, 5.74) is 2.14. The maximum Gasteiger partial charge on any atom is 0.407 e. The van der Waals surface area contributed by atoms with Crippen LogP contribution in [0, 0.1) is 0 Å². The molecule has 0 aromatic heterocycles. The zero-order valence-corrected chi connectivity index (χ0v) is 15.8. The molecule has 1 amide bonds. The first-order valence-electron chi connectivity index (χ1n) is 8.74. The van der Waals surface area contributed by atoms with Crippen molar-refractivity contribution in [3.05, 3.63) is 64.7 Å². The summed E-state index contributed by atoms with van der Waals surface area (Å²) in [5.74, 6) is 0.402. The van der Waals surface area contributed by atoms with E-state index in [0.717, 1.165) is 16.0 Å². The summed E-state index contributed by atoms with van der Waals surface area (Å²) in [5, 5.41) is 9.49. The summed E-state index contributed by atoms with van der Waals surface area (Å²) in [6.45, 7) is -0.257. The zero-order valence-electron chi connectivity index (χ0n) is 15.1. The molecule has 0 saturated heterocycles. The summed E-state index contributed by atoms with van der Waals surface area (Å²) in [6.07, 6.45) is -6.17. The Morgan fingerprint density at radius 1 is 1.07 bits per heavy atom. The summed E-state index contributed by atoms with van der Waals surface area (Å²) >= 11 is 6.23. The Balaban J connectivity index is 1.84. The van der Waals surface area contributed by atoms with Gasteiger partial charge in [-0.05, 0) is 36.1 Å². The maximum atomic E-state index is 12.2. The third-order valence-corrected chi connectivity index (χ3v) is 4.32. The molecule has 4 nitrogen and oxygen atoms in total. The minimum atomic E-state index is -4.30. The van der Waals surface area contributed by atoms with Crippen molar-refractivity contribution in [2.45, 2.75) is 25.4 Å². The van der Waals surface area contributed by atoms with Crippen LogP contribution in [0.3, 0.4) is 0 Å². The van der Waals surface area contributed by atoms with E-state index in [1.165, 1.54) is 0 Å². The van der Waals surface area contributed by atoms with Gasteiger partial charge in [0.2, 0.25) is 0 Å². The minimum absolute atomic E-state index is 0.00390. The average molecular weight is 416 g/mol. The molecule has 0 radical (unpaired) electrons. The highest BCUT2D eigenvalue weighted by atomic mass is 35.5. The minimum Gasteiger partial charge on any atom is -0.490 e. The van der Waals surface area contributed by atoms with Gasteiger partial charge in [0.15, 0.2) is 0 Å². The Kier molecular flexibility index (Phi) is 7.99. The second kappa shape index (κ2) is 10.2. The van der Waals surface area contributed by atoms with E-state index in [9.17, 15) is 18.0 Å².